The Balaban J connectivity index is 0.00000144. The fourth-order valence-corrected chi connectivity index (χ4v) is 2.54. The Bertz CT molecular complexity index is 238. The number of nitrogens with one attached hydrogen (secondary N) is 2. The molecule has 1 aliphatic heterocycles. The van der Waals surface area contributed by atoms with Gasteiger partial charge in [0.15, 0.2) is 0 Å². The molecule has 1 aliphatic carbocycles. The summed E-state index contributed by atoms with van der Waals surface area (Å²) in [5.74, 6) is 1.96. The molecule has 2 aliphatic rings. The molecule has 100 valence electrons. The van der Waals surface area contributed by atoms with E-state index < -0.39 is 0 Å². The van der Waals surface area contributed by atoms with E-state index >= 15 is 0 Å². The SMILES string of the molecule is CC(C(=O)NCCC1CCCNC1)C1CC1.Cl. The number of halogens is 1. The summed E-state index contributed by atoms with van der Waals surface area (Å²) in [6.45, 7) is 5.23. The van der Waals surface area contributed by atoms with Crippen molar-refractivity contribution in [2.24, 2.45) is 17.8 Å². The Morgan fingerprint density at radius 2 is 2.18 bits per heavy atom. The Kier molecular flexibility index (Phi) is 6.28. The number of piperidine rings is 1. The van der Waals surface area contributed by atoms with E-state index in [1.807, 2.05) is 0 Å². The molecule has 0 aromatic heterocycles. The van der Waals surface area contributed by atoms with Gasteiger partial charge in [0, 0.05) is 12.5 Å². The third-order valence-electron chi connectivity index (χ3n) is 3.99. The zero-order valence-electron chi connectivity index (χ0n) is 10.7. The van der Waals surface area contributed by atoms with Gasteiger partial charge in [0.05, 0.1) is 0 Å². The van der Waals surface area contributed by atoms with Crippen molar-refractivity contribution in [1.82, 2.24) is 10.6 Å². The van der Waals surface area contributed by atoms with Crippen molar-refractivity contribution in [2.75, 3.05) is 19.6 Å². The summed E-state index contributed by atoms with van der Waals surface area (Å²) in [6.07, 6.45) is 6.25. The third-order valence-corrected chi connectivity index (χ3v) is 3.99. The summed E-state index contributed by atoms with van der Waals surface area (Å²) in [7, 11) is 0. The van der Waals surface area contributed by atoms with Gasteiger partial charge in [-0.15, -0.1) is 12.4 Å². The second-order valence-corrected chi connectivity index (χ2v) is 5.42. The van der Waals surface area contributed by atoms with Crippen molar-refractivity contribution in [3.05, 3.63) is 0 Å². The van der Waals surface area contributed by atoms with E-state index in [1.165, 1.54) is 32.2 Å². The van der Waals surface area contributed by atoms with Crippen LogP contribution in [0, 0.1) is 17.8 Å². The van der Waals surface area contributed by atoms with E-state index in [0.717, 1.165) is 25.4 Å². The Morgan fingerprint density at radius 3 is 2.76 bits per heavy atom. The summed E-state index contributed by atoms with van der Waals surface area (Å²) in [5.41, 5.74) is 0. The maximum atomic E-state index is 11.7. The molecule has 1 saturated heterocycles. The first kappa shape index (κ1) is 14.8. The van der Waals surface area contributed by atoms with Gasteiger partial charge in [0.25, 0.3) is 0 Å². The molecule has 1 saturated carbocycles. The molecule has 2 unspecified atom stereocenters. The van der Waals surface area contributed by atoms with Gasteiger partial charge in [-0.25, -0.2) is 0 Å². The highest BCUT2D eigenvalue weighted by Crippen LogP contribution is 2.36. The van der Waals surface area contributed by atoms with Crippen LogP contribution >= 0.6 is 12.4 Å². The minimum absolute atomic E-state index is 0. The topological polar surface area (TPSA) is 41.1 Å². The molecule has 1 amide bonds. The predicted molar refractivity (Wildman–Crippen MR) is 72.4 cm³/mol. The molecule has 4 heteroatoms. The van der Waals surface area contributed by atoms with Crippen LogP contribution in [0.4, 0.5) is 0 Å². The molecule has 3 nitrogen and oxygen atoms in total. The van der Waals surface area contributed by atoms with Crippen molar-refractivity contribution in [3.8, 4) is 0 Å². The van der Waals surface area contributed by atoms with Crippen LogP contribution in [-0.2, 0) is 4.79 Å². The molecule has 1 heterocycles. The van der Waals surface area contributed by atoms with Crippen molar-refractivity contribution in [1.29, 1.82) is 0 Å². The first-order chi connectivity index (χ1) is 7.77. The molecule has 0 bridgehead atoms. The van der Waals surface area contributed by atoms with Gasteiger partial charge >= 0.3 is 0 Å². The minimum Gasteiger partial charge on any atom is -0.356 e. The van der Waals surface area contributed by atoms with E-state index in [4.69, 9.17) is 0 Å². The quantitative estimate of drug-likeness (QED) is 0.794. The molecule has 0 aromatic rings. The molecular formula is C13H25ClN2O. The zero-order valence-corrected chi connectivity index (χ0v) is 11.5. The monoisotopic (exact) mass is 260 g/mol. The van der Waals surface area contributed by atoms with Gasteiger partial charge in [0.1, 0.15) is 0 Å². The van der Waals surface area contributed by atoms with Crippen molar-refractivity contribution >= 4 is 18.3 Å². The van der Waals surface area contributed by atoms with Crippen LogP contribution in [0.25, 0.3) is 0 Å². The normalized spacial score (nSPS) is 25.8. The highest BCUT2D eigenvalue weighted by Gasteiger charge is 2.32. The second kappa shape index (κ2) is 7.22. The summed E-state index contributed by atoms with van der Waals surface area (Å²) in [6, 6.07) is 0. The van der Waals surface area contributed by atoms with Gasteiger partial charge in [-0.1, -0.05) is 6.92 Å². The molecule has 0 radical (unpaired) electrons. The van der Waals surface area contributed by atoms with Crippen LogP contribution in [-0.4, -0.2) is 25.5 Å². The lowest BCUT2D eigenvalue weighted by Gasteiger charge is -2.23. The predicted octanol–water partition coefficient (Wildman–Crippen LogP) is 1.96. The van der Waals surface area contributed by atoms with E-state index in [9.17, 15) is 4.79 Å². The van der Waals surface area contributed by atoms with Gasteiger partial charge in [-0.2, -0.15) is 0 Å². The molecule has 17 heavy (non-hydrogen) atoms. The maximum Gasteiger partial charge on any atom is 0.223 e. The summed E-state index contributed by atoms with van der Waals surface area (Å²) in [4.78, 5) is 11.7. The van der Waals surface area contributed by atoms with Crippen LogP contribution in [0.3, 0.4) is 0 Å². The Labute approximate surface area is 111 Å². The third kappa shape index (κ3) is 4.84. The molecule has 2 rings (SSSR count). The van der Waals surface area contributed by atoms with Crippen molar-refractivity contribution in [3.63, 3.8) is 0 Å². The highest BCUT2D eigenvalue weighted by molar-refractivity contribution is 5.85. The van der Waals surface area contributed by atoms with Crippen LogP contribution in [0.1, 0.15) is 39.0 Å². The van der Waals surface area contributed by atoms with Gasteiger partial charge in [0.2, 0.25) is 5.91 Å². The maximum absolute atomic E-state index is 11.7. The number of hydrogen-bond acceptors (Lipinski definition) is 2. The van der Waals surface area contributed by atoms with E-state index in [0.29, 0.717) is 5.92 Å². The van der Waals surface area contributed by atoms with Gasteiger partial charge in [-0.3, -0.25) is 4.79 Å². The molecule has 2 N–H and O–H groups in total. The van der Waals surface area contributed by atoms with Gasteiger partial charge < -0.3 is 10.6 Å². The zero-order chi connectivity index (χ0) is 11.4. The minimum atomic E-state index is 0. The second-order valence-electron chi connectivity index (χ2n) is 5.42. The van der Waals surface area contributed by atoms with Crippen molar-refractivity contribution in [2.45, 2.75) is 39.0 Å². The van der Waals surface area contributed by atoms with E-state index in [1.54, 1.807) is 0 Å². The van der Waals surface area contributed by atoms with Crippen LogP contribution < -0.4 is 10.6 Å². The highest BCUT2D eigenvalue weighted by atomic mass is 35.5. The fourth-order valence-electron chi connectivity index (χ4n) is 2.54. The first-order valence-corrected chi connectivity index (χ1v) is 6.76. The molecule has 2 fully saturated rings. The largest absolute Gasteiger partial charge is 0.356 e. The number of hydrogen-bond donors (Lipinski definition) is 2. The summed E-state index contributed by atoms with van der Waals surface area (Å²) in [5, 5.41) is 6.50. The number of carbonyl (C=O) groups excluding carboxylic acids is 1. The number of amides is 1. The molecule has 0 spiro atoms. The smallest absolute Gasteiger partial charge is 0.223 e. The number of carbonyl (C=O) groups is 1. The average Bonchev–Trinajstić information content (AvgIpc) is 3.13. The number of rotatable bonds is 5. The lowest BCUT2D eigenvalue weighted by molar-refractivity contribution is -0.125. The van der Waals surface area contributed by atoms with E-state index in [-0.39, 0.29) is 24.2 Å². The first-order valence-electron chi connectivity index (χ1n) is 6.76. The van der Waals surface area contributed by atoms with E-state index in [2.05, 4.69) is 17.6 Å². The summed E-state index contributed by atoms with van der Waals surface area (Å²) >= 11 is 0. The average molecular weight is 261 g/mol. The van der Waals surface area contributed by atoms with Crippen LogP contribution in [0.2, 0.25) is 0 Å². The molecular weight excluding hydrogens is 236 g/mol. The van der Waals surface area contributed by atoms with Crippen LogP contribution in [0.5, 0.6) is 0 Å². The Hall–Kier alpha value is -0.280. The lowest BCUT2D eigenvalue weighted by Crippen LogP contribution is -2.35. The summed E-state index contributed by atoms with van der Waals surface area (Å²) < 4.78 is 0. The van der Waals surface area contributed by atoms with Crippen LogP contribution in [0.15, 0.2) is 0 Å². The lowest BCUT2D eigenvalue weighted by atomic mass is 9.96. The van der Waals surface area contributed by atoms with Crippen molar-refractivity contribution < 1.29 is 4.79 Å². The molecule has 2 atom stereocenters. The standard InChI is InChI=1S/C13H24N2O.ClH/c1-10(12-4-5-12)13(16)15-8-6-11-3-2-7-14-9-11;/h10-12,14H,2-9H2,1H3,(H,15,16);1H. The fraction of sp³-hybridized carbons (Fsp3) is 0.923. The van der Waals surface area contributed by atoms with Gasteiger partial charge in [-0.05, 0) is 57.0 Å². The Morgan fingerprint density at radius 1 is 1.41 bits per heavy atom. The molecule has 0 aromatic carbocycles.